The molecule has 31 heavy (non-hydrogen) atoms. The number of amides is 1. The molecule has 4 rings (SSSR count). The highest BCUT2D eigenvalue weighted by atomic mass is 19.1. The van der Waals surface area contributed by atoms with Crippen LogP contribution in [-0.4, -0.2) is 42.2 Å². The molecule has 1 amide bonds. The molecule has 1 aliphatic rings. The lowest BCUT2D eigenvalue weighted by atomic mass is 10.1. The monoisotopic (exact) mass is 422 g/mol. The lowest BCUT2D eigenvalue weighted by Gasteiger charge is -2.23. The Hall–Kier alpha value is -3.45. The number of carbonyl (C=O) groups excluding carboxylic acids is 1. The third-order valence-electron chi connectivity index (χ3n) is 4.88. The van der Waals surface area contributed by atoms with Gasteiger partial charge >= 0.3 is 0 Å². The molecule has 160 valence electrons. The summed E-state index contributed by atoms with van der Waals surface area (Å²) in [6.45, 7) is 1.84. The van der Waals surface area contributed by atoms with E-state index in [1.807, 2.05) is 36.4 Å². The van der Waals surface area contributed by atoms with Crippen LogP contribution in [-0.2, 0) is 22.5 Å². The first-order chi connectivity index (χ1) is 15.2. The lowest BCUT2D eigenvalue weighted by Crippen LogP contribution is -2.35. The molecular formula is C24H23FN2O4. The van der Waals surface area contributed by atoms with Crippen molar-refractivity contribution in [1.29, 1.82) is 0 Å². The maximum atomic E-state index is 13.2. The van der Waals surface area contributed by atoms with Crippen LogP contribution in [0.5, 0.6) is 17.4 Å². The molecule has 0 spiro atoms. The van der Waals surface area contributed by atoms with E-state index < -0.39 is 0 Å². The summed E-state index contributed by atoms with van der Waals surface area (Å²) >= 11 is 0. The molecule has 2 heterocycles. The minimum Gasteiger partial charge on any atom is -0.487 e. The van der Waals surface area contributed by atoms with Crippen molar-refractivity contribution < 1.29 is 23.4 Å². The number of para-hydroxylation sites is 2. The first kappa shape index (κ1) is 20.8. The molecule has 0 unspecified atom stereocenters. The van der Waals surface area contributed by atoms with Gasteiger partial charge in [0, 0.05) is 18.3 Å². The van der Waals surface area contributed by atoms with E-state index >= 15 is 0 Å². The highest BCUT2D eigenvalue weighted by Crippen LogP contribution is 2.32. The number of hydrogen-bond acceptors (Lipinski definition) is 5. The Morgan fingerprint density at radius 3 is 2.61 bits per heavy atom. The smallest absolute Gasteiger partial charge is 0.227 e. The molecule has 0 aliphatic carbocycles. The molecule has 0 N–H and O–H groups in total. The highest BCUT2D eigenvalue weighted by Gasteiger charge is 2.19. The molecule has 3 aromatic rings. The van der Waals surface area contributed by atoms with E-state index in [-0.39, 0.29) is 18.1 Å². The third kappa shape index (κ3) is 5.58. The van der Waals surface area contributed by atoms with E-state index in [0.717, 1.165) is 11.1 Å². The average Bonchev–Trinajstić information content (AvgIpc) is 2.80. The van der Waals surface area contributed by atoms with Gasteiger partial charge in [0.2, 0.25) is 11.8 Å². The molecule has 0 fully saturated rings. The summed E-state index contributed by atoms with van der Waals surface area (Å²) in [5.41, 5.74) is 1.52. The Kier molecular flexibility index (Phi) is 6.74. The minimum absolute atomic E-state index is 0.0865. The molecule has 6 nitrogen and oxygen atoms in total. The number of rotatable bonds is 2. The molecule has 0 atom stereocenters. The van der Waals surface area contributed by atoms with Gasteiger partial charge < -0.3 is 19.1 Å². The Morgan fingerprint density at radius 1 is 0.968 bits per heavy atom. The van der Waals surface area contributed by atoms with Crippen LogP contribution in [0.2, 0.25) is 0 Å². The molecule has 2 aromatic carbocycles. The van der Waals surface area contributed by atoms with Gasteiger partial charge in [-0.25, -0.2) is 9.37 Å². The largest absolute Gasteiger partial charge is 0.487 e. The zero-order valence-electron chi connectivity index (χ0n) is 17.0. The number of nitrogens with zero attached hydrogens (tertiary/aromatic N) is 2. The first-order valence-corrected chi connectivity index (χ1v) is 10.1. The minimum atomic E-state index is -0.327. The summed E-state index contributed by atoms with van der Waals surface area (Å²) in [7, 11) is 0. The number of benzene rings is 2. The van der Waals surface area contributed by atoms with E-state index in [1.54, 1.807) is 23.2 Å². The van der Waals surface area contributed by atoms with Crippen LogP contribution in [0.1, 0.15) is 11.1 Å². The van der Waals surface area contributed by atoms with Gasteiger partial charge in [-0.3, -0.25) is 4.79 Å². The third-order valence-corrected chi connectivity index (χ3v) is 4.88. The van der Waals surface area contributed by atoms with Gasteiger partial charge in [-0.15, -0.1) is 0 Å². The molecular weight excluding hydrogens is 399 g/mol. The van der Waals surface area contributed by atoms with Crippen LogP contribution in [0, 0.1) is 5.82 Å². The van der Waals surface area contributed by atoms with Crippen molar-refractivity contribution in [3.05, 3.63) is 83.8 Å². The normalized spacial score (nSPS) is 14.5. The van der Waals surface area contributed by atoms with Crippen molar-refractivity contribution in [3.8, 4) is 17.4 Å². The summed E-state index contributed by atoms with van der Waals surface area (Å²) in [6.07, 6.45) is 1.82. The summed E-state index contributed by atoms with van der Waals surface area (Å²) in [5, 5.41) is 0. The predicted molar refractivity (Wildman–Crippen MR) is 113 cm³/mol. The fraction of sp³-hybridized carbons (Fsp3) is 0.250. The fourth-order valence-corrected chi connectivity index (χ4v) is 3.27. The molecule has 0 radical (unpaired) electrons. The summed E-state index contributed by atoms with van der Waals surface area (Å²) in [5.74, 6) is 1.15. The second kappa shape index (κ2) is 10.0. The van der Waals surface area contributed by atoms with Gasteiger partial charge in [0.05, 0.1) is 26.2 Å². The van der Waals surface area contributed by atoms with E-state index in [4.69, 9.17) is 14.2 Å². The SMILES string of the molecule is O=C(Cc1ccc(F)cc1)N1CCOCCOc2ccccc2Oc2ncccc2C1. The number of fused-ring (bicyclic) bond motifs is 2. The van der Waals surface area contributed by atoms with E-state index in [9.17, 15) is 9.18 Å². The van der Waals surface area contributed by atoms with Crippen LogP contribution >= 0.6 is 0 Å². The summed E-state index contributed by atoms with van der Waals surface area (Å²) in [4.78, 5) is 19.1. The average molecular weight is 422 g/mol. The maximum Gasteiger partial charge on any atom is 0.227 e. The van der Waals surface area contributed by atoms with Crippen LogP contribution in [0.3, 0.4) is 0 Å². The molecule has 7 heteroatoms. The van der Waals surface area contributed by atoms with Crippen molar-refractivity contribution in [1.82, 2.24) is 9.88 Å². The number of aromatic nitrogens is 1. The van der Waals surface area contributed by atoms with Crippen molar-refractivity contribution in [2.24, 2.45) is 0 Å². The predicted octanol–water partition coefficient (Wildman–Crippen LogP) is 3.99. The standard InChI is InChI=1S/C24H23FN2O4/c25-20-9-7-18(8-10-20)16-23(28)27-12-13-29-14-15-30-21-5-1-2-6-22(21)31-24-19(17-27)4-3-11-26-24/h1-11H,12-17H2. The molecule has 1 aliphatic heterocycles. The zero-order chi connectivity index (χ0) is 21.5. The van der Waals surface area contributed by atoms with Gasteiger partial charge in [0.1, 0.15) is 12.4 Å². The van der Waals surface area contributed by atoms with Crippen LogP contribution < -0.4 is 9.47 Å². The maximum absolute atomic E-state index is 13.2. The molecule has 0 saturated heterocycles. The van der Waals surface area contributed by atoms with Gasteiger partial charge in [-0.05, 0) is 35.9 Å². The van der Waals surface area contributed by atoms with E-state index in [2.05, 4.69) is 4.98 Å². The van der Waals surface area contributed by atoms with E-state index in [0.29, 0.717) is 50.3 Å². The molecule has 0 bridgehead atoms. The van der Waals surface area contributed by atoms with Crippen molar-refractivity contribution in [2.45, 2.75) is 13.0 Å². The second-order valence-corrected chi connectivity index (χ2v) is 7.10. The second-order valence-electron chi connectivity index (χ2n) is 7.10. The number of pyridine rings is 1. The Labute approximate surface area is 180 Å². The zero-order valence-corrected chi connectivity index (χ0v) is 17.0. The summed E-state index contributed by atoms with van der Waals surface area (Å²) in [6, 6.07) is 17.0. The number of ether oxygens (including phenoxy) is 3. The summed E-state index contributed by atoms with van der Waals surface area (Å²) < 4.78 is 30.7. The van der Waals surface area contributed by atoms with Crippen LogP contribution in [0.25, 0.3) is 0 Å². The molecule has 0 saturated carbocycles. The topological polar surface area (TPSA) is 60.9 Å². The number of hydrogen-bond donors (Lipinski definition) is 0. The van der Waals surface area contributed by atoms with Gasteiger partial charge in [-0.2, -0.15) is 0 Å². The Morgan fingerprint density at radius 2 is 1.77 bits per heavy atom. The number of halogens is 1. The first-order valence-electron chi connectivity index (χ1n) is 10.1. The van der Waals surface area contributed by atoms with Gasteiger partial charge in [0.15, 0.2) is 11.5 Å². The van der Waals surface area contributed by atoms with Crippen LogP contribution in [0.4, 0.5) is 4.39 Å². The van der Waals surface area contributed by atoms with Gasteiger partial charge in [-0.1, -0.05) is 30.3 Å². The van der Waals surface area contributed by atoms with Crippen molar-refractivity contribution in [2.75, 3.05) is 26.4 Å². The van der Waals surface area contributed by atoms with Crippen LogP contribution in [0.15, 0.2) is 66.9 Å². The quantitative estimate of drug-likeness (QED) is 0.625. The Bertz CT molecular complexity index is 1030. The molecule has 1 aromatic heterocycles. The van der Waals surface area contributed by atoms with Crippen molar-refractivity contribution >= 4 is 5.91 Å². The number of carbonyl (C=O) groups is 1. The van der Waals surface area contributed by atoms with Gasteiger partial charge in [0.25, 0.3) is 0 Å². The highest BCUT2D eigenvalue weighted by molar-refractivity contribution is 5.78. The fourth-order valence-electron chi connectivity index (χ4n) is 3.27. The van der Waals surface area contributed by atoms with Crippen molar-refractivity contribution in [3.63, 3.8) is 0 Å². The van der Waals surface area contributed by atoms with E-state index in [1.165, 1.54) is 12.1 Å². The Balaban J connectivity index is 1.59. The lowest BCUT2D eigenvalue weighted by molar-refractivity contribution is -0.131.